The van der Waals surface area contributed by atoms with Crippen molar-refractivity contribution in [3.63, 3.8) is 0 Å². The molecule has 4 nitrogen and oxygen atoms in total. The van der Waals surface area contributed by atoms with Gasteiger partial charge in [-0.05, 0) is 49.3 Å². The smallest absolute Gasteiger partial charge is 0.417 e. The summed E-state index contributed by atoms with van der Waals surface area (Å²) in [5.74, 6) is 1.65. The Morgan fingerprint density at radius 2 is 1.88 bits per heavy atom. The first kappa shape index (κ1) is 19.2. The van der Waals surface area contributed by atoms with E-state index in [1.54, 1.807) is 23.5 Å². The summed E-state index contributed by atoms with van der Waals surface area (Å²) in [6, 6.07) is 9.71. The number of carbonyl (C=O) groups is 2. The first-order chi connectivity index (χ1) is 11.5. The number of imide groups is 1. The van der Waals surface area contributed by atoms with Gasteiger partial charge in [0.2, 0.25) is 5.91 Å². The van der Waals surface area contributed by atoms with E-state index in [0.29, 0.717) is 12.8 Å². The Kier molecular flexibility index (Phi) is 7.04. The Morgan fingerprint density at radius 1 is 1.21 bits per heavy atom. The van der Waals surface area contributed by atoms with Crippen molar-refractivity contribution in [2.75, 3.05) is 24.0 Å². The van der Waals surface area contributed by atoms with Crippen LogP contribution < -0.4 is 0 Å². The number of benzene rings is 1. The molecule has 0 radical (unpaired) electrons. The van der Waals surface area contributed by atoms with Crippen LogP contribution in [0.1, 0.15) is 37.9 Å². The fourth-order valence-corrected chi connectivity index (χ4v) is 4.13. The van der Waals surface area contributed by atoms with Gasteiger partial charge < -0.3 is 4.74 Å². The zero-order valence-electron chi connectivity index (χ0n) is 14.5. The topological polar surface area (TPSA) is 46.6 Å². The number of hydrogen-bond acceptors (Lipinski definition) is 5. The SMILES string of the molecule is CSCCCC(=O)N1C(=O)O[C@H](c2ccccc2)[C@]1(C)CCSC. The van der Waals surface area contributed by atoms with Crippen LogP contribution in [0.5, 0.6) is 0 Å². The molecule has 1 aliphatic rings. The predicted octanol–water partition coefficient (Wildman–Crippen LogP) is 4.36. The third-order valence-electron chi connectivity index (χ3n) is 4.38. The molecule has 0 N–H and O–H groups in total. The molecule has 6 heteroatoms. The predicted molar refractivity (Wildman–Crippen MR) is 102 cm³/mol. The maximum atomic E-state index is 12.7. The first-order valence-corrected chi connectivity index (χ1v) is 10.9. The minimum atomic E-state index is -0.641. The van der Waals surface area contributed by atoms with Gasteiger partial charge in [0.15, 0.2) is 6.10 Å². The lowest BCUT2D eigenvalue weighted by atomic mass is 9.86. The molecule has 1 aromatic rings. The highest BCUT2D eigenvalue weighted by molar-refractivity contribution is 7.98. The minimum Gasteiger partial charge on any atom is -0.438 e. The van der Waals surface area contributed by atoms with Crippen molar-refractivity contribution in [1.82, 2.24) is 4.90 Å². The molecule has 0 aromatic heterocycles. The molecule has 1 saturated heterocycles. The fourth-order valence-electron chi connectivity index (χ4n) is 3.08. The van der Waals surface area contributed by atoms with Crippen molar-refractivity contribution in [2.45, 2.75) is 37.8 Å². The van der Waals surface area contributed by atoms with Gasteiger partial charge in [-0.3, -0.25) is 4.79 Å². The van der Waals surface area contributed by atoms with Gasteiger partial charge in [-0.2, -0.15) is 23.5 Å². The summed E-state index contributed by atoms with van der Waals surface area (Å²) >= 11 is 3.42. The van der Waals surface area contributed by atoms with Crippen molar-refractivity contribution >= 4 is 35.5 Å². The van der Waals surface area contributed by atoms with E-state index in [1.807, 2.05) is 49.8 Å². The highest BCUT2D eigenvalue weighted by Gasteiger charge is 2.54. The number of ether oxygens (including phenoxy) is 1. The zero-order chi connectivity index (χ0) is 17.6. The van der Waals surface area contributed by atoms with Crippen LogP contribution in [0.15, 0.2) is 30.3 Å². The molecule has 24 heavy (non-hydrogen) atoms. The average molecular weight is 368 g/mol. The molecule has 0 bridgehead atoms. The summed E-state index contributed by atoms with van der Waals surface area (Å²) in [6.07, 6.45) is 4.99. The maximum absolute atomic E-state index is 12.7. The van der Waals surface area contributed by atoms with E-state index in [9.17, 15) is 9.59 Å². The van der Waals surface area contributed by atoms with Crippen molar-refractivity contribution in [3.8, 4) is 0 Å². The number of thioether (sulfide) groups is 2. The lowest BCUT2D eigenvalue weighted by Crippen LogP contribution is -2.49. The van der Waals surface area contributed by atoms with Gasteiger partial charge in [0.05, 0.1) is 5.54 Å². The Balaban J connectivity index is 2.27. The number of rotatable bonds is 8. The first-order valence-electron chi connectivity index (χ1n) is 8.11. The summed E-state index contributed by atoms with van der Waals surface area (Å²) in [5, 5.41) is 0. The monoisotopic (exact) mass is 367 g/mol. The molecule has 132 valence electrons. The van der Waals surface area contributed by atoms with Gasteiger partial charge in [0.25, 0.3) is 0 Å². The molecule has 1 fully saturated rings. The van der Waals surface area contributed by atoms with Gasteiger partial charge in [-0.25, -0.2) is 9.69 Å². The molecule has 0 unspecified atom stereocenters. The molecule has 1 aliphatic heterocycles. The molecule has 2 atom stereocenters. The van der Waals surface area contributed by atoms with Crippen LogP contribution in [0.3, 0.4) is 0 Å². The normalized spacial score (nSPS) is 23.4. The molecule has 1 aromatic carbocycles. The van der Waals surface area contributed by atoms with Gasteiger partial charge in [0.1, 0.15) is 0 Å². The molecule has 0 aliphatic carbocycles. The third kappa shape index (κ3) is 4.09. The van der Waals surface area contributed by atoms with Gasteiger partial charge in [0, 0.05) is 6.42 Å². The maximum Gasteiger partial charge on any atom is 0.417 e. The number of nitrogens with zero attached hydrogens (tertiary/aromatic N) is 1. The minimum absolute atomic E-state index is 0.129. The molecule has 0 saturated carbocycles. The fraction of sp³-hybridized carbons (Fsp3) is 0.556. The number of cyclic esters (lactones) is 1. The van der Waals surface area contributed by atoms with E-state index in [0.717, 1.165) is 23.5 Å². The average Bonchev–Trinajstić information content (AvgIpc) is 2.85. The van der Waals surface area contributed by atoms with E-state index in [1.165, 1.54) is 4.90 Å². The van der Waals surface area contributed by atoms with Crippen LogP contribution in [-0.4, -0.2) is 46.5 Å². The number of carbonyl (C=O) groups excluding carboxylic acids is 2. The standard InChI is InChI=1S/C18H25NO3S2/c1-18(11-13-24-3)16(14-8-5-4-6-9-14)22-17(21)19(18)15(20)10-7-12-23-2/h4-6,8-9,16H,7,10-13H2,1-3H3/t16-,18+/m1/s1. The van der Waals surface area contributed by atoms with Crippen molar-refractivity contribution < 1.29 is 14.3 Å². The highest BCUT2D eigenvalue weighted by Crippen LogP contribution is 2.44. The third-order valence-corrected chi connectivity index (χ3v) is 5.69. The Morgan fingerprint density at radius 3 is 2.50 bits per heavy atom. The number of amides is 2. The second-order valence-corrected chi connectivity index (χ2v) is 8.07. The van der Waals surface area contributed by atoms with Gasteiger partial charge in [-0.1, -0.05) is 30.3 Å². The molecular formula is C18H25NO3S2. The van der Waals surface area contributed by atoms with Crippen LogP contribution >= 0.6 is 23.5 Å². The van der Waals surface area contributed by atoms with Crippen LogP contribution in [0, 0.1) is 0 Å². The second-order valence-electron chi connectivity index (χ2n) is 6.10. The highest BCUT2D eigenvalue weighted by atomic mass is 32.2. The van der Waals surface area contributed by atoms with E-state index < -0.39 is 17.7 Å². The van der Waals surface area contributed by atoms with E-state index in [4.69, 9.17) is 4.74 Å². The van der Waals surface area contributed by atoms with Crippen molar-refractivity contribution in [1.29, 1.82) is 0 Å². The lowest BCUT2D eigenvalue weighted by molar-refractivity contribution is -0.131. The molecule has 2 amide bonds. The lowest BCUT2D eigenvalue weighted by Gasteiger charge is -2.34. The summed E-state index contributed by atoms with van der Waals surface area (Å²) in [6.45, 7) is 1.97. The van der Waals surface area contributed by atoms with Crippen molar-refractivity contribution in [3.05, 3.63) is 35.9 Å². The summed E-state index contributed by atoms with van der Waals surface area (Å²) in [4.78, 5) is 26.6. The van der Waals surface area contributed by atoms with Crippen LogP contribution in [0.4, 0.5) is 4.79 Å². The zero-order valence-corrected chi connectivity index (χ0v) is 16.1. The largest absolute Gasteiger partial charge is 0.438 e. The quantitative estimate of drug-likeness (QED) is 0.639. The van der Waals surface area contributed by atoms with Crippen molar-refractivity contribution in [2.24, 2.45) is 0 Å². The van der Waals surface area contributed by atoms with E-state index >= 15 is 0 Å². The van der Waals surface area contributed by atoms with E-state index in [-0.39, 0.29) is 5.91 Å². The van der Waals surface area contributed by atoms with Gasteiger partial charge in [-0.15, -0.1) is 0 Å². The van der Waals surface area contributed by atoms with Crippen LogP contribution in [0.2, 0.25) is 0 Å². The van der Waals surface area contributed by atoms with Gasteiger partial charge >= 0.3 is 6.09 Å². The summed E-state index contributed by atoms with van der Waals surface area (Å²) in [7, 11) is 0. The van der Waals surface area contributed by atoms with Crippen LogP contribution in [-0.2, 0) is 9.53 Å². The molecule has 0 spiro atoms. The Hall–Kier alpha value is -1.14. The van der Waals surface area contributed by atoms with Crippen LogP contribution in [0.25, 0.3) is 0 Å². The molecular weight excluding hydrogens is 342 g/mol. The molecule has 2 rings (SSSR count). The summed E-state index contributed by atoms with van der Waals surface area (Å²) < 4.78 is 5.65. The molecule has 1 heterocycles. The summed E-state index contributed by atoms with van der Waals surface area (Å²) in [5.41, 5.74) is 0.298. The Labute approximate surface area is 152 Å². The number of hydrogen-bond donors (Lipinski definition) is 0. The second kappa shape index (κ2) is 8.81. The Bertz CT molecular complexity index is 567. The van der Waals surface area contributed by atoms with E-state index in [2.05, 4.69) is 0 Å².